The van der Waals surface area contributed by atoms with E-state index in [1.807, 2.05) is 32.0 Å². The highest BCUT2D eigenvalue weighted by molar-refractivity contribution is 5.82. The van der Waals surface area contributed by atoms with Crippen LogP contribution in [0.15, 0.2) is 47.3 Å². The van der Waals surface area contributed by atoms with Crippen LogP contribution in [0.3, 0.4) is 0 Å². The molecule has 0 saturated carbocycles. The van der Waals surface area contributed by atoms with Gasteiger partial charge in [-0.1, -0.05) is 17.7 Å². The summed E-state index contributed by atoms with van der Waals surface area (Å²) >= 11 is 0. The Morgan fingerprint density at radius 3 is 2.62 bits per heavy atom. The zero-order valence-corrected chi connectivity index (χ0v) is 12.6. The highest BCUT2D eigenvalue weighted by Gasteiger charge is 2.08. The van der Waals surface area contributed by atoms with Crippen LogP contribution in [0.2, 0.25) is 0 Å². The quantitative estimate of drug-likeness (QED) is 0.716. The molecule has 0 N–H and O–H groups in total. The minimum Gasteiger partial charge on any atom is -0.313 e. The molecule has 0 spiro atoms. The first kappa shape index (κ1) is 13.6. The van der Waals surface area contributed by atoms with Crippen molar-refractivity contribution in [2.75, 3.05) is 0 Å². The average molecular weight is 278 g/mol. The Bertz CT molecular complexity index is 878. The monoisotopic (exact) mass is 278 g/mol. The van der Waals surface area contributed by atoms with Crippen LogP contribution in [0.5, 0.6) is 0 Å². The van der Waals surface area contributed by atoms with E-state index in [0.717, 1.165) is 27.9 Å². The fraction of sp³-hybridized carbons (Fsp3) is 0.222. The molecule has 106 valence electrons. The van der Waals surface area contributed by atoms with E-state index in [4.69, 9.17) is 4.98 Å². The van der Waals surface area contributed by atoms with Crippen molar-refractivity contribution in [3.63, 3.8) is 0 Å². The number of rotatable bonds is 2. The van der Waals surface area contributed by atoms with Gasteiger partial charge in [-0.15, -0.1) is 0 Å². The molecule has 2 aromatic heterocycles. The lowest BCUT2D eigenvalue weighted by Crippen LogP contribution is -2.20. The number of fused-ring (bicyclic) bond motifs is 1. The number of aryl methyl sites for hydroxylation is 1. The first-order valence-corrected chi connectivity index (χ1v) is 7.18. The zero-order chi connectivity index (χ0) is 15.0. The van der Waals surface area contributed by atoms with E-state index in [1.165, 1.54) is 5.56 Å². The summed E-state index contributed by atoms with van der Waals surface area (Å²) in [6.07, 6.45) is 0. The number of hydrogen-bond donors (Lipinski definition) is 0. The topological polar surface area (TPSA) is 34.9 Å². The summed E-state index contributed by atoms with van der Waals surface area (Å²) in [5.74, 6) is 0. The minimum atomic E-state index is 0.0372. The molecule has 0 bridgehead atoms. The molecule has 2 heterocycles. The third-order valence-corrected chi connectivity index (χ3v) is 3.89. The van der Waals surface area contributed by atoms with Crippen LogP contribution in [0.4, 0.5) is 0 Å². The zero-order valence-electron chi connectivity index (χ0n) is 12.6. The molecule has 0 fully saturated rings. The van der Waals surface area contributed by atoms with E-state index in [1.54, 1.807) is 10.6 Å². The Hall–Kier alpha value is -2.42. The van der Waals surface area contributed by atoms with Crippen LogP contribution in [0, 0.1) is 13.8 Å². The van der Waals surface area contributed by atoms with Crippen molar-refractivity contribution >= 4 is 10.9 Å². The third kappa shape index (κ3) is 2.35. The highest BCUT2D eigenvalue weighted by atomic mass is 16.1. The largest absolute Gasteiger partial charge is 0.313 e. The van der Waals surface area contributed by atoms with Gasteiger partial charge in [0.15, 0.2) is 0 Å². The second kappa shape index (κ2) is 5.17. The Kier molecular flexibility index (Phi) is 3.34. The van der Waals surface area contributed by atoms with Gasteiger partial charge in [0.05, 0.1) is 11.2 Å². The molecule has 0 saturated heterocycles. The van der Waals surface area contributed by atoms with Crippen molar-refractivity contribution in [3.8, 4) is 11.3 Å². The van der Waals surface area contributed by atoms with E-state index < -0.39 is 0 Å². The van der Waals surface area contributed by atoms with Crippen molar-refractivity contribution in [1.82, 2.24) is 9.55 Å². The molecule has 0 aliphatic rings. The summed E-state index contributed by atoms with van der Waals surface area (Å²) in [4.78, 5) is 16.6. The van der Waals surface area contributed by atoms with Crippen LogP contribution in [-0.4, -0.2) is 9.55 Å². The van der Waals surface area contributed by atoms with Crippen molar-refractivity contribution < 1.29 is 0 Å². The van der Waals surface area contributed by atoms with Crippen LogP contribution in [0.25, 0.3) is 22.2 Å². The first-order valence-electron chi connectivity index (χ1n) is 7.18. The van der Waals surface area contributed by atoms with Crippen LogP contribution in [0.1, 0.15) is 18.2 Å². The maximum Gasteiger partial charge on any atom is 0.250 e. The summed E-state index contributed by atoms with van der Waals surface area (Å²) < 4.78 is 1.77. The van der Waals surface area contributed by atoms with Crippen molar-refractivity contribution in [2.24, 2.45) is 0 Å². The minimum absolute atomic E-state index is 0.0372. The summed E-state index contributed by atoms with van der Waals surface area (Å²) in [7, 11) is 0. The summed E-state index contributed by atoms with van der Waals surface area (Å²) in [6, 6.07) is 13.8. The second-order valence-electron chi connectivity index (χ2n) is 5.31. The van der Waals surface area contributed by atoms with E-state index in [0.29, 0.717) is 6.54 Å². The van der Waals surface area contributed by atoms with E-state index >= 15 is 0 Å². The van der Waals surface area contributed by atoms with Crippen molar-refractivity contribution in [2.45, 2.75) is 27.3 Å². The molecule has 3 heteroatoms. The number of benzene rings is 1. The molecule has 3 nitrogen and oxygen atoms in total. The molecule has 0 unspecified atom stereocenters. The molecule has 3 rings (SSSR count). The molecular formula is C18H18N2O. The lowest BCUT2D eigenvalue weighted by molar-refractivity contribution is 0.702. The first-order chi connectivity index (χ1) is 10.1. The van der Waals surface area contributed by atoms with Gasteiger partial charge >= 0.3 is 0 Å². The molecule has 0 atom stereocenters. The predicted octanol–water partition coefficient (Wildman–Crippen LogP) is 3.70. The van der Waals surface area contributed by atoms with Crippen molar-refractivity contribution in [3.05, 3.63) is 64.1 Å². The smallest absolute Gasteiger partial charge is 0.250 e. The lowest BCUT2D eigenvalue weighted by Gasteiger charge is -2.12. The second-order valence-corrected chi connectivity index (χ2v) is 5.31. The normalized spacial score (nSPS) is 11.0. The summed E-state index contributed by atoms with van der Waals surface area (Å²) in [6.45, 7) is 6.70. The molecule has 0 radical (unpaired) electrons. The molecule has 1 aromatic carbocycles. The standard InChI is InChI=1S/C18H18N2O/c1-4-20-13(3)15(7-10-18(20)21)17-9-6-14-11-12(2)5-8-16(14)19-17/h5-11H,4H2,1-3H3. The van der Waals surface area contributed by atoms with Gasteiger partial charge in [0.2, 0.25) is 0 Å². The molecule has 0 aliphatic heterocycles. The average Bonchev–Trinajstić information content (AvgIpc) is 2.47. The van der Waals surface area contributed by atoms with E-state index in [9.17, 15) is 4.79 Å². The van der Waals surface area contributed by atoms with Gasteiger partial charge in [-0.25, -0.2) is 4.98 Å². The van der Waals surface area contributed by atoms with Crippen LogP contribution >= 0.6 is 0 Å². The van der Waals surface area contributed by atoms with Gasteiger partial charge in [0.25, 0.3) is 5.56 Å². The number of hydrogen-bond acceptors (Lipinski definition) is 2. The lowest BCUT2D eigenvalue weighted by atomic mass is 10.1. The van der Waals surface area contributed by atoms with Gasteiger partial charge in [-0.05, 0) is 45.0 Å². The van der Waals surface area contributed by atoms with Gasteiger partial charge < -0.3 is 4.57 Å². The maximum atomic E-state index is 11.8. The summed E-state index contributed by atoms with van der Waals surface area (Å²) in [5.41, 5.74) is 5.13. The van der Waals surface area contributed by atoms with Crippen LogP contribution in [-0.2, 0) is 6.54 Å². The molecule has 0 amide bonds. The third-order valence-electron chi connectivity index (χ3n) is 3.89. The van der Waals surface area contributed by atoms with Gasteiger partial charge in [-0.2, -0.15) is 0 Å². The molecule has 21 heavy (non-hydrogen) atoms. The maximum absolute atomic E-state index is 11.8. The molecule has 3 aromatic rings. The highest BCUT2D eigenvalue weighted by Crippen LogP contribution is 2.23. The number of pyridine rings is 2. The van der Waals surface area contributed by atoms with Crippen LogP contribution < -0.4 is 5.56 Å². The van der Waals surface area contributed by atoms with Gasteiger partial charge in [-0.3, -0.25) is 4.79 Å². The predicted molar refractivity (Wildman–Crippen MR) is 86.6 cm³/mol. The Balaban J connectivity index is 2.21. The fourth-order valence-electron chi connectivity index (χ4n) is 2.73. The Morgan fingerprint density at radius 2 is 1.86 bits per heavy atom. The fourth-order valence-corrected chi connectivity index (χ4v) is 2.73. The van der Waals surface area contributed by atoms with Gasteiger partial charge in [0.1, 0.15) is 0 Å². The van der Waals surface area contributed by atoms with Gasteiger partial charge in [0, 0.05) is 29.3 Å². The number of nitrogens with zero attached hydrogens (tertiary/aromatic N) is 2. The SMILES string of the molecule is CCn1c(C)c(-c2ccc3cc(C)ccc3n2)ccc1=O. The van der Waals surface area contributed by atoms with E-state index in [2.05, 4.69) is 25.1 Å². The Labute approximate surface area is 123 Å². The molecular weight excluding hydrogens is 260 g/mol. The summed E-state index contributed by atoms with van der Waals surface area (Å²) in [5, 5.41) is 1.14. The molecule has 0 aliphatic carbocycles. The Morgan fingerprint density at radius 1 is 1.05 bits per heavy atom. The van der Waals surface area contributed by atoms with E-state index in [-0.39, 0.29) is 5.56 Å². The number of aromatic nitrogens is 2. The van der Waals surface area contributed by atoms with Crippen molar-refractivity contribution in [1.29, 1.82) is 0 Å².